The minimum Gasteiger partial charge on any atom is -0.497 e. The highest BCUT2D eigenvalue weighted by atomic mass is 19.1. The smallest absolute Gasteiger partial charge is 0.234 e. The Labute approximate surface area is 154 Å². The van der Waals surface area contributed by atoms with Crippen LogP contribution in [0.15, 0.2) is 48.5 Å². The molecule has 0 bridgehead atoms. The largest absolute Gasteiger partial charge is 0.497 e. The van der Waals surface area contributed by atoms with Gasteiger partial charge in [-0.3, -0.25) is 9.69 Å². The third-order valence-corrected chi connectivity index (χ3v) is 4.60. The number of nitrogens with one attached hydrogen (secondary N) is 1. The Kier molecular flexibility index (Phi) is 6.23. The van der Waals surface area contributed by atoms with Crippen LogP contribution in [0.2, 0.25) is 0 Å². The molecule has 0 saturated heterocycles. The van der Waals surface area contributed by atoms with Crippen molar-refractivity contribution in [1.29, 1.82) is 0 Å². The molecule has 1 aliphatic rings. The number of hydrogen-bond donors (Lipinski definition) is 1. The zero-order valence-electron chi connectivity index (χ0n) is 15.1. The monoisotopic (exact) mass is 356 g/mol. The number of ether oxygens (including phenoxy) is 1. The summed E-state index contributed by atoms with van der Waals surface area (Å²) in [6, 6.07) is 14.9. The Morgan fingerprint density at radius 3 is 2.38 bits per heavy atom. The molecule has 1 N–H and O–H groups in total. The first kappa shape index (κ1) is 18.4. The zero-order valence-corrected chi connectivity index (χ0v) is 15.1. The normalized spacial score (nSPS) is 13.7. The van der Waals surface area contributed by atoms with Gasteiger partial charge in [-0.2, -0.15) is 0 Å². The molecule has 1 saturated carbocycles. The Morgan fingerprint density at radius 1 is 1.12 bits per heavy atom. The maximum Gasteiger partial charge on any atom is 0.234 e. The Balaban J connectivity index is 1.46. The van der Waals surface area contributed by atoms with Crippen molar-refractivity contribution in [2.24, 2.45) is 0 Å². The average molecular weight is 356 g/mol. The first-order valence-electron chi connectivity index (χ1n) is 9.02. The zero-order chi connectivity index (χ0) is 18.4. The van der Waals surface area contributed by atoms with E-state index in [1.807, 2.05) is 24.3 Å². The van der Waals surface area contributed by atoms with Crippen molar-refractivity contribution >= 4 is 5.91 Å². The SMILES string of the molecule is COc1ccc(CN(CC(=O)NCCc2ccc(F)cc2)C2CC2)cc1. The summed E-state index contributed by atoms with van der Waals surface area (Å²) in [5.74, 6) is 0.633. The summed E-state index contributed by atoms with van der Waals surface area (Å²) >= 11 is 0. The van der Waals surface area contributed by atoms with Gasteiger partial charge in [0.2, 0.25) is 5.91 Å². The van der Waals surface area contributed by atoms with Gasteiger partial charge in [-0.1, -0.05) is 24.3 Å². The summed E-state index contributed by atoms with van der Waals surface area (Å²) in [5, 5.41) is 2.97. The van der Waals surface area contributed by atoms with E-state index in [1.165, 1.54) is 17.7 Å². The van der Waals surface area contributed by atoms with E-state index in [4.69, 9.17) is 4.74 Å². The summed E-state index contributed by atoms with van der Waals surface area (Å²) in [7, 11) is 1.65. The summed E-state index contributed by atoms with van der Waals surface area (Å²) in [5.41, 5.74) is 2.20. The number of carbonyl (C=O) groups is 1. The van der Waals surface area contributed by atoms with Gasteiger partial charge in [0.1, 0.15) is 11.6 Å². The average Bonchev–Trinajstić information content (AvgIpc) is 3.49. The lowest BCUT2D eigenvalue weighted by Gasteiger charge is -2.21. The van der Waals surface area contributed by atoms with Gasteiger partial charge >= 0.3 is 0 Å². The fourth-order valence-corrected chi connectivity index (χ4v) is 2.96. The molecule has 1 aliphatic carbocycles. The van der Waals surface area contributed by atoms with Gasteiger partial charge in [0.15, 0.2) is 0 Å². The predicted octanol–water partition coefficient (Wildman–Crippen LogP) is 3.16. The van der Waals surface area contributed by atoms with E-state index in [-0.39, 0.29) is 11.7 Å². The number of nitrogens with zero attached hydrogens (tertiary/aromatic N) is 1. The van der Waals surface area contributed by atoms with E-state index in [1.54, 1.807) is 19.2 Å². The van der Waals surface area contributed by atoms with E-state index in [0.717, 1.165) is 30.7 Å². The molecular formula is C21H25FN2O2. The van der Waals surface area contributed by atoms with Crippen molar-refractivity contribution in [1.82, 2.24) is 10.2 Å². The van der Waals surface area contributed by atoms with Crippen LogP contribution in [-0.4, -0.2) is 37.0 Å². The highest BCUT2D eigenvalue weighted by Crippen LogP contribution is 2.28. The summed E-state index contributed by atoms with van der Waals surface area (Å²) in [6.07, 6.45) is 3.01. The van der Waals surface area contributed by atoms with Gasteiger partial charge in [0.25, 0.3) is 0 Å². The van der Waals surface area contributed by atoms with Crippen molar-refractivity contribution in [3.63, 3.8) is 0 Å². The Hall–Kier alpha value is -2.40. The van der Waals surface area contributed by atoms with Gasteiger partial charge in [-0.25, -0.2) is 4.39 Å². The van der Waals surface area contributed by atoms with Crippen molar-refractivity contribution in [3.8, 4) is 5.75 Å². The third-order valence-electron chi connectivity index (χ3n) is 4.60. The van der Waals surface area contributed by atoms with Gasteiger partial charge in [0, 0.05) is 19.1 Å². The lowest BCUT2D eigenvalue weighted by Crippen LogP contribution is -2.38. The van der Waals surface area contributed by atoms with Crippen LogP contribution in [0, 0.1) is 5.82 Å². The molecule has 0 radical (unpaired) electrons. The number of carbonyl (C=O) groups excluding carboxylic acids is 1. The third kappa shape index (κ3) is 5.56. The number of amides is 1. The fourth-order valence-electron chi connectivity index (χ4n) is 2.96. The standard InChI is InChI=1S/C21H25FN2O2/c1-26-20-10-4-17(5-11-20)14-24(19-8-9-19)15-21(25)23-13-12-16-2-6-18(22)7-3-16/h2-7,10-11,19H,8-9,12-15H2,1H3,(H,23,25). The molecule has 0 unspecified atom stereocenters. The van der Waals surface area contributed by atoms with E-state index < -0.39 is 0 Å². The van der Waals surface area contributed by atoms with Crippen molar-refractivity contribution in [2.75, 3.05) is 20.2 Å². The molecule has 1 fully saturated rings. The van der Waals surface area contributed by atoms with Gasteiger partial charge in [0.05, 0.1) is 13.7 Å². The van der Waals surface area contributed by atoms with Gasteiger partial charge in [-0.05, 0) is 54.7 Å². The molecule has 4 nitrogen and oxygen atoms in total. The van der Waals surface area contributed by atoms with E-state index in [9.17, 15) is 9.18 Å². The molecule has 0 heterocycles. The van der Waals surface area contributed by atoms with Crippen LogP contribution in [0.5, 0.6) is 5.75 Å². The van der Waals surface area contributed by atoms with Crippen LogP contribution in [0.25, 0.3) is 0 Å². The van der Waals surface area contributed by atoms with Gasteiger partial charge < -0.3 is 10.1 Å². The van der Waals surface area contributed by atoms with E-state index >= 15 is 0 Å². The predicted molar refractivity (Wildman–Crippen MR) is 99.5 cm³/mol. The highest BCUT2D eigenvalue weighted by Gasteiger charge is 2.30. The first-order valence-corrected chi connectivity index (χ1v) is 9.02. The molecule has 138 valence electrons. The molecule has 0 spiro atoms. The number of rotatable bonds is 9. The molecule has 2 aromatic carbocycles. The van der Waals surface area contributed by atoms with Crippen molar-refractivity contribution < 1.29 is 13.9 Å². The second-order valence-electron chi connectivity index (χ2n) is 6.71. The number of methoxy groups -OCH3 is 1. The molecule has 1 amide bonds. The molecule has 0 aliphatic heterocycles. The van der Waals surface area contributed by atoms with Crippen LogP contribution in [-0.2, 0) is 17.8 Å². The van der Waals surface area contributed by atoms with Crippen LogP contribution in [0.1, 0.15) is 24.0 Å². The Bertz CT molecular complexity index is 712. The minimum atomic E-state index is -0.239. The summed E-state index contributed by atoms with van der Waals surface area (Å²) in [4.78, 5) is 14.5. The second-order valence-corrected chi connectivity index (χ2v) is 6.71. The molecule has 0 aromatic heterocycles. The molecule has 2 aromatic rings. The number of hydrogen-bond acceptors (Lipinski definition) is 3. The lowest BCUT2D eigenvalue weighted by atomic mass is 10.1. The molecule has 0 atom stereocenters. The summed E-state index contributed by atoms with van der Waals surface area (Å²) < 4.78 is 18.1. The van der Waals surface area contributed by atoms with Crippen LogP contribution < -0.4 is 10.1 Å². The molecule has 3 rings (SSSR count). The minimum absolute atomic E-state index is 0.0347. The molecule has 5 heteroatoms. The topological polar surface area (TPSA) is 41.6 Å². The van der Waals surface area contributed by atoms with Crippen LogP contribution >= 0.6 is 0 Å². The fraction of sp³-hybridized carbons (Fsp3) is 0.381. The maximum absolute atomic E-state index is 12.9. The van der Waals surface area contributed by atoms with E-state index in [2.05, 4.69) is 10.2 Å². The van der Waals surface area contributed by atoms with Crippen LogP contribution in [0.3, 0.4) is 0 Å². The van der Waals surface area contributed by atoms with Crippen molar-refractivity contribution in [3.05, 3.63) is 65.5 Å². The lowest BCUT2D eigenvalue weighted by molar-refractivity contribution is -0.122. The highest BCUT2D eigenvalue weighted by molar-refractivity contribution is 5.78. The first-order chi connectivity index (χ1) is 12.6. The Morgan fingerprint density at radius 2 is 1.77 bits per heavy atom. The van der Waals surface area contributed by atoms with Crippen LogP contribution in [0.4, 0.5) is 4.39 Å². The molecular weight excluding hydrogens is 331 g/mol. The number of benzene rings is 2. The second kappa shape index (κ2) is 8.81. The summed E-state index contributed by atoms with van der Waals surface area (Å²) in [6.45, 7) is 1.73. The maximum atomic E-state index is 12.9. The number of halogens is 1. The van der Waals surface area contributed by atoms with Crippen molar-refractivity contribution in [2.45, 2.75) is 31.8 Å². The quantitative estimate of drug-likeness (QED) is 0.750. The van der Waals surface area contributed by atoms with Gasteiger partial charge in [-0.15, -0.1) is 0 Å². The molecule has 26 heavy (non-hydrogen) atoms. The van der Waals surface area contributed by atoms with E-state index in [0.29, 0.717) is 25.6 Å².